The molecule has 0 spiro atoms. The zero-order valence-corrected chi connectivity index (χ0v) is 11.9. The van der Waals surface area contributed by atoms with Gasteiger partial charge in [0.15, 0.2) is 0 Å². The summed E-state index contributed by atoms with van der Waals surface area (Å²) in [6, 6.07) is 3.92. The molecule has 2 aromatic heterocycles. The van der Waals surface area contributed by atoms with Gasteiger partial charge in [0.1, 0.15) is 0 Å². The third-order valence-electron chi connectivity index (χ3n) is 3.06. The molecule has 3 rings (SSSR count). The van der Waals surface area contributed by atoms with Gasteiger partial charge in [0, 0.05) is 29.8 Å². The van der Waals surface area contributed by atoms with Crippen LogP contribution in [0.15, 0.2) is 29.7 Å². The molecule has 1 aliphatic rings. The van der Waals surface area contributed by atoms with Crippen molar-refractivity contribution in [3.8, 4) is 0 Å². The molecule has 1 saturated carbocycles. The number of thioether (sulfide) groups is 1. The quantitative estimate of drug-likeness (QED) is 0.876. The van der Waals surface area contributed by atoms with E-state index in [-0.39, 0.29) is 11.8 Å². The molecule has 1 fully saturated rings. The lowest BCUT2D eigenvalue weighted by molar-refractivity contribution is -0.117. The third kappa shape index (κ3) is 2.76. The van der Waals surface area contributed by atoms with Crippen molar-refractivity contribution in [1.82, 2.24) is 14.3 Å². The van der Waals surface area contributed by atoms with Gasteiger partial charge in [-0.3, -0.25) is 9.78 Å². The van der Waals surface area contributed by atoms with Crippen molar-refractivity contribution in [2.24, 2.45) is 5.92 Å². The van der Waals surface area contributed by atoms with Crippen molar-refractivity contribution in [3.05, 3.63) is 30.1 Å². The van der Waals surface area contributed by atoms with E-state index in [2.05, 4.69) is 19.7 Å². The number of nitrogens with zero attached hydrogens (tertiary/aromatic N) is 3. The topological polar surface area (TPSA) is 67.8 Å². The van der Waals surface area contributed by atoms with E-state index in [1.807, 2.05) is 24.6 Å². The Morgan fingerprint density at radius 3 is 3.16 bits per heavy atom. The average molecular weight is 292 g/mol. The van der Waals surface area contributed by atoms with Crippen LogP contribution in [0, 0.1) is 5.92 Å². The molecule has 2 aromatic rings. The fourth-order valence-corrected chi connectivity index (χ4v) is 3.12. The number of aromatic nitrogens is 3. The first-order valence-corrected chi connectivity index (χ1v) is 7.86. The SMILES string of the molecule is CSc1nsc(NC(=O)C2CC2c2cccnc2)n1. The van der Waals surface area contributed by atoms with Crippen molar-refractivity contribution in [3.63, 3.8) is 0 Å². The summed E-state index contributed by atoms with van der Waals surface area (Å²) in [4.78, 5) is 20.3. The lowest BCUT2D eigenvalue weighted by Gasteiger charge is -2.00. The number of nitrogens with one attached hydrogen (secondary N) is 1. The minimum atomic E-state index is 0.0256. The number of hydrogen-bond donors (Lipinski definition) is 1. The molecule has 98 valence electrons. The Labute approximate surface area is 119 Å². The lowest BCUT2D eigenvalue weighted by atomic mass is 10.1. The zero-order chi connectivity index (χ0) is 13.2. The van der Waals surface area contributed by atoms with E-state index in [1.165, 1.54) is 23.3 Å². The van der Waals surface area contributed by atoms with Crippen LogP contribution in [0.3, 0.4) is 0 Å². The van der Waals surface area contributed by atoms with Gasteiger partial charge in [0.05, 0.1) is 0 Å². The Bertz CT molecular complexity index is 586. The maximum Gasteiger partial charge on any atom is 0.229 e. The van der Waals surface area contributed by atoms with Gasteiger partial charge in [-0.15, -0.1) is 0 Å². The molecule has 19 heavy (non-hydrogen) atoms. The van der Waals surface area contributed by atoms with Crippen LogP contribution in [-0.4, -0.2) is 26.5 Å². The summed E-state index contributed by atoms with van der Waals surface area (Å²) in [6.07, 6.45) is 6.36. The molecule has 1 amide bonds. The number of pyridine rings is 1. The number of rotatable bonds is 4. The normalized spacial score (nSPS) is 21.1. The predicted molar refractivity (Wildman–Crippen MR) is 75.4 cm³/mol. The number of carbonyl (C=O) groups excluding carboxylic acids is 1. The van der Waals surface area contributed by atoms with Gasteiger partial charge in [-0.2, -0.15) is 9.36 Å². The number of amides is 1. The Morgan fingerprint density at radius 2 is 2.47 bits per heavy atom. The monoisotopic (exact) mass is 292 g/mol. The molecule has 2 heterocycles. The summed E-state index contributed by atoms with van der Waals surface area (Å²) in [5.41, 5.74) is 1.13. The fourth-order valence-electron chi connectivity index (χ4n) is 1.99. The van der Waals surface area contributed by atoms with Gasteiger partial charge in [0.25, 0.3) is 0 Å². The highest BCUT2D eigenvalue weighted by atomic mass is 32.2. The van der Waals surface area contributed by atoms with Gasteiger partial charge in [-0.05, 0) is 30.2 Å². The Kier molecular flexibility index (Phi) is 3.48. The Morgan fingerprint density at radius 1 is 1.58 bits per heavy atom. The number of carbonyl (C=O) groups is 1. The Balaban J connectivity index is 1.61. The van der Waals surface area contributed by atoms with E-state index < -0.39 is 0 Å². The highest BCUT2D eigenvalue weighted by Gasteiger charge is 2.44. The highest BCUT2D eigenvalue weighted by Crippen LogP contribution is 2.47. The van der Waals surface area contributed by atoms with Crippen LogP contribution >= 0.6 is 23.3 Å². The van der Waals surface area contributed by atoms with Crippen LogP contribution in [0.5, 0.6) is 0 Å². The third-order valence-corrected chi connectivity index (χ3v) is 4.35. The summed E-state index contributed by atoms with van der Waals surface area (Å²) in [5.74, 6) is 0.352. The molecule has 1 aliphatic carbocycles. The van der Waals surface area contributed by atoms with Gasteiger partial charge >= 0.3 is 0 Å². The minimum absolute atomic E-state index is 0.0256. The second-order valence-corrected chi connectivity index (χ2v) is 5.84. The van der Waals surface area contributed by atoms with Crippen LogP contribution in [-0.2, 0) is 4.79 Å². The van der Waals surface area contributed by atoms with E-state index in [9.17, 15) is 4.79 Å². The summed E-state index contributed by atoms with van der Waals surface area (Å²) in [5, 5.41) is 4.10. The van der Waals surface area contributed by atoms with Crippen molar-refractivity contribution in [2.45, 2.75) is 17.5 Å². The van der Waals surface area contributed by atoms with Crippen molar-refractivity contribution >= 4 is 34.3 Å². The van der Waals surface area contributed by atoms with Gasteiger partial charge < -0.3 is 5.32 Å². The van der Waals surface area contributed by atoms with E-state index in [0.29, 0.717) is 16.2 Å². The van der Waals surface area contributed by atoms with Crippen LogP contribution < -0.4 is 5.32 Å². The summed E-state index contributed by atoms with van der Waals surface area (Å²) in [6.45, 7) is 0. The summed E-state index contributed by atoms with van der Waals surface area (Å²) in [7, 11) is 0. The minimum Gasteiger partial charge on any atom is -0.300 e. The van der Waals surface area contributed by atoms with Crippen molar-refractivity contribution in [2.75, 3.05) is 11.6 Å². The molecule has 0 saturated heterocycles. The van der Waals surface area contributed by atoms with Gasteiger partial charge in [-0.1, -0.05) is 17.8 Å². The van der Waals surface area contributed by atoms with Crippen molar-refractivity contribution in [1.29, 1.82) is 0 Å². The molecule has 0 aliphatic heterocycles. The maximum absolute atomic E-state index is 12.1. The number of anilines is 1. The van der Waals surface area contributed by atoms with Gasteiger partial charge in [0.2, 0.25) is 16.2 Å². The molecule has 1 N–H and O–H groups in total. The van der Waals surface area contributed by atoms with Crippen molar-refractivity contribution < 1.29 is 4.79 Å². The number of hydrogen-bond acceptors (Lipinski definition) is 6. The summed E-state index contributed by atoms with van der Waals surface area (Å²) >= 11 is 2.69. The molecular weight excluding hydrogens is 280 g/mol. The molecule has 7 heteroatoms. The predicted octanol–water partition coefficient (Wildman–Crippen LogP) is 2.40. The maximum atomic E-state index is 12.1. The standard InChI is InChI=1S/C12H12N4OS2/c1-18-12-15-11(19-16-12)14-10(17)9-5-8(9)7-3-2-4-13-6-7/h2-4,6,8-9H,5H2,1H3,(H,14,15,16,17). The molecule has 0 radical (unpaired) electrons. The van der Waals surface area contributed by atoms with Crippen LogP contribution in [0.2, 0.25) is 0 Å². The molecule has 2 atom stereocenters. The molecule has 0 aromatic carbocycles. The second-order valence-electron chi connectivity index (χ2n) is 4.31. The molecule has 2 unspecified atom stereocenters. The van der Waals surface area contributed by atoms with E-state index in [4.69, 9.17) is 0 Å². The summed E-state index contributed by atoms with van der Waals surface area (Å²) < 4.78 is 4.11. The first-order valence-electron chi connectivity index (χ1n) is 5.86. The second kappa shape index (κ2) is 5.26. The van der Waals surface area contributed by atoms with Gasteiger partial charge in [-0.25, -0.2) is 0 Å². The fraction of sp³-hybridized carbons (Fsp3) is 0.333. The average Bonchev–Trinajstić information content (AvgIpc) is 3.13. The van der Waals surface area contributed by atoms with E-state index in [0.717, 1.165) is 12.0 Å². The van der Waals surface area contributed by atoms with E-state index >= 15 is 0 Å². The van der Waals surface area contributed by atoms with Crippen LogP contribution in [0.25, 0.3) is 0 Å². The molecule has 0 bridgehead atoms. The molecular formula is C12H12N4OS2. The van der Waals surface area contributed by atoms with E-state index in [1.54, 1.807) is 6.20 Å². The highest BCUT2D eigenvalue weighted by molar-refractivity contribution is 7.98. The first kappa shape index (κ1) is 12.6. The lowest BCUT2D eigenvalue weighted by Crippen LogP contribution is -2.14. The van der Waals surface area contributed by atoms with Crippen LogP contribution in [0.1, 0.15) is 17.9 Å². The zero-order valence-electron chi connectivity index (χ0n) is 10.2. The van der Waals surface area contributed by atoms with Crippen LogP contribution in [0.4, 0.5) is 5.13 Å². The Hall–Kier alpha value is -1.47. The molecule has 5 nitrogen and oxygen atoms in total. The largest absolute Gasteiger partial charge is 0.300 e. The first-order chi connectivity index (χ1) is 9.28. The smallest absolute Gasteiger partial charge is 0.229 e.